The van der Waals surface area contributed by atoms with Crippen LogP contribution in [-0.4, -0.2) is 32.3 Å². The van der Waals surface area contributed by atoms with E-state index in [0.29, 0.717) is 6.79 Å². The molecule has 144 valence electrons. The molecule has 1 rings (SSSR count). The topological polar surface area (TPSA) is 18.5 Å². The van der Waals surface area contributed by atoms with Crippen molar-refractivity contribution in [3.05, 3.63) is 23.3 Å². The number of benzene rings is 1. The van der Waals surface area contributed by atoms with Crippen LogP contribution in [0.3, 0.4) is 0 Å². The number of aryl methyl sites for hydroxylation is 2. The first-order valence-corrected chi connectivity index (χ1v) is 17.8. The van der Waals surface area contributed by atoms with Crippen molar-refractivity contribution >= 4 is 22.0 Å². The number of methoxy groups -OCH3 is 1. The molecule has 0 fully saturated rings. The Morgan fingerprint density at radius 2 is 1.24 bits per heavy atom. The Morgan fingerprint density at radius 3 is 1.60 bits per heavy atom. The first-order valence-electron chi connectivity index (χ1n) is 10.3. The molecule has 0 spiro atoms. The van der Waals surface area contributed by atoms with Gasteiger partial charge in [0.1, 0.15) is 0 Å². The molecular weight excluding hydrogens is 415 g/mol. The fourth-order valence-electron chi connectivity index (χ4n) is 3.96. The van der Waals surface area contributed by atoms with Crippen LogP contribution in [0, 0.1) is 13.8 Å². The first-order chi connectivity index (χ1) is 12.0. The molecule has 3 heteroatoms. The Balaban J connectivity index is 3.25. The molecule has 0 saturated carbocycles. The predicted octanol–water partition coefficient (Wildman–Crippen LogP) is 6.34. The molecule has 0 radical (unpaired) electrons. The van der Waals surface area contributed by atoms with Gasteiger partial charge in [-0.2, -0.15) is 0 Å². The number of hydrogen-bond donors (Lipinski definition) is 0. The molecule has 0 amide bonds. The average molecular weight is 455 g/mol. The second kappa shape index (κ2) is 12.2. The number of rotatable bonds is 13. The zero-order valence-corrected chi connectivity index (χ0v) is 20.4. The van der Waals surface area contributed by atoms with Crippen LogP contribution in [0.25, 0.3) is 0 Å². The molecule has 0 aliphatic heterocycles. The standard InChI is InChI=1S/C10H13O2.3C4H9.Sn/c1-8-5-4-6-9(2)10(8)12-7-11-3;3*1-3-4-2;/h5-6H,7H2,1-3H3;3*1,3-4H2,2H3;. The summed E-state index contributed by atoms with van der Waals surface area (Å²) in [7, 11) is 1.68. The molecule has 0 aromatic heterocycles. The van der Waals surface area contributed by atoms with Crippen molar-refractivity contribution in [1.82, 2.24) is 0 Å². The van der Waals surface area contributed by atoms with Crippen LogP contribution in [-0.2, 0) is 4.74 Å². The predicted molar refractivity (Wildman–Crippen MR) is 113 cm³/mol. The maximum atomic E-state index is 5.83. The molecule has 2 nitrogen and oxygen atoms in total. The summed E-state index contributed by atoms with van der Waals surface area (Å²) in [6.07, 6.45) is 8.19. The van der Waals surface area contributed by atoms with E-state index in [4.69, 9.17) is 9.47 Å². The van der Waals surface area contributed by atoms with Crippen LogP contribution in [0.5, 0.6) is 5.75 Å². The molecule has 25 heavy (non-hydrogen) atoms. The Bertz CT molecular complexity index is 454. The van der Waals surface area contributed by atoms with E-state index in [-0.39, 0.29) is 0 Å². The van der Waals surface area contributed by atoms with Crippen LogP contribution >= 0.6 is 0 Å². The van der Waals surface area contributed by atoms with E-state index in [1.165, 1.54) is 63.0 Å². The van der Waals surface area contributed by atoms with Crippen LogP contribution in [0.4, 0.5) is 0 Å². The number of unbranched alkanes of at least 4 members (excludes halogenated alkanes) is 3. The summed E-state index contributed by atoms with van der Waals surface area (Å²) >= 11 is -2.34. The van der Waals surface area contributed by atoms with Crippen LogP contribution in [0.15, 0.2) is 12.1 Å². The van der Waals surface area contributed by atoms with Crippen molar-refractivity contribution < 1.29 is 9.47 Å². The molecule has 0 saturated heterocycles. The van der Waals surface area contributed by atoms with Crippen molar-refractivity contribution in [3.8, 4) is 5.75 Å². The zero-order valence-electron chi connectivity index (χ0n) is 17.5. The summed E-state index contributed by atoms with van der Waals surface area (Å²) < 4.78 is 17.2. The van der Waals surface area contributed by atoms with Gasteiger partial charge in [-0.25, -0.2) is 0 Å². The summed E-state index contributed by atoms with van der Waals surface area (Å²) in [6.45, 7) is 11.8. The summed E-state index contributed by atoms with van der Waals surface area (Å²) in [5.74, 6) is 1.02. The van der Waals surface area contributed by atoms with Gasteiger partial charge >= 0.3 is 161 Å². The van der Waals surface area contributed by atoms with Gasteiger partial charge in [0.15, 0.2) is 0 Å². The van der Waals surface area contributed by atoms with Crippen molar-refractivity contribution in [3.63, 3.8) is 0 Å². The summed E-state index contributed by atoms with van der Waals surface area (Å²) in [5.41, 5.74) is 2.58. The summed E-state index contributed by atoms with van der Waals surface area (Å²) in [6, 6.07) is 4.96. The average Bonchev–Trinajstić information content (AvgIpc) is 2.60. The van der Waals surface area contributed by atoms with Crippen LogP contribution < -0.4 is 8.32 Å². The van der Waals surface area contributed by atoms with E-state index in [2.05, 4.69) is 46.8 Å². The maximum absolute atomic E-state index is 5.83. The van der Waals surface area contributed by atoms with Crippen LogP contribution in [0.1, 0.15) is 70.4 Å². The van der Waals surface area contributed by atoms with Gasteiger partial charge in [0.2, 0.25) is 0 Å². The van der Waals surface area contributed by atoms with E-state index in [1.807, 2.05) is 0 Å². The fourth-order valence-corrected chi connectivity index (χ4v) is 20.4. The van der Waals surface area contributed by atoms with E-state index in [1.54, 1.807) is 10.7 Å². The minimum absolute atomic E-state index is 0.330. The van der Waals surface area contributed by atoms with Gasteiger partial charge in [0.25, 0.3) is 0 Å². The molecule has 1 aromatic rings. The normalized spacial score (nSPS) is 11.8. The van der Waals surface area contributed by atoms with Gasteiger partial charge < -0.3 is 0 Å². The third-order valence-corrected chi connectivity index (χ3v) is 21.0. The molecule has 1 aromatic carbocycles. The Hall–Kier alpha value is -0.221. The Kier molecular flexibility index (Phi) is 11.2. The van der Waals surface area contributed by atoms with E-state index in [9.17, 15) is 0 Å². The number of ether oxygens (including phenoxy) is 2. The Morgan fingerprint density at radius 1 is 0.800 bits per heavy atom. The molecule has 0 heterocycles. The van der Waals surface area contributed by atoms with Crippen molar-refractivity contribution in [2.75, 3.05) is 13.9 Å². The van der Waals surface area contributed by atoms with Gasteiger partial charge in [0.05, 0.1) is 0 Å². The van der Waals surface area contributed by atoms with Gasteiger partial charge in [-0.3, -0.25) is 0 Å². The van der Waals surface area contributed by atoms with Crippen molar-refractivity contribution in [1.29, 1.82) is 0 Å². The number of hydrogen-bond acceptors (Lipinski definition) is 2. The van der Waals surface area contributed by atoms with E-state index in [0.717, 1.165) is 5.75 Å². The molecular formula is C22H40O2Sn. The van der Waals surface area contributed by atoms with E-state index >= 15 is 0 Å². The van der Waals surface area contributed by atoms with Crippen molar-refractivity contribution in [2.24, 2.45) is 0 Å². The monoisotopic (exact) mass is 456 g/mol. The first kappa shape index (κ1) is 22.8. The van der Waals surface area contributed by atoms with Gasteiger partial charge in [-0.15, -0.1) is 0 Å². The van der Waals surface area contributed by atoms with Crippen molar-refractivity contribution in [2.45, 2.75) is 86.5 Å². The third kappa shape index (κ3) is 6.78. The summed E-state index contributed by atoms with van der Waals surface area (Å²) in [4.78, 5) is 0. The molecule has 0 aliphatic carbocycles. The molecule has 0 aliphatic rings. The Labute approximate surface area is 160 Å². The second-order valence-electron chi connectivity index (χ2n) is 7.58. The molecule has 0 bridgehead atoms. The van der Waals surface area contributed by atoms with Gasteiger partial charge in [-0.1, -0.05) is 0 Å². The summed E-state index contributed by atoms with van der Waals surface area (Å²) in [5, 5.41) is 0. The zero-order chi connectivity index (χ0) is 18.7. The van der Waals surface area contributed by atoms with E-state index < -0.39 is 18.4 Å². The SMILES string of the molecule is CCC[CH2][Sn]([CH2]CCC)([CH2]CCC)[c]1cc(C)c(OCOC)c(C)c1. The molecule has 0 atom stereocenters. The fraction of sp³-hybridized carbons (Fsp3) is 0.727. The molecule has 0 unspecified atom stereocenters. The van der Waals surface area contributed by atoms with Gasteiger partial charge in [-0.05, 0) is 0 Å². The second-order valence-corrected chi connectivity index (χ2v) is 20.8. The quantitative estimate of drug-likeness (QED) is 0.255. The minimum atomic E-state index is -2.34. The third-order valence-electron chi connectivity index (χ3n) is 5.42. The molecule has 0 N–H and O–H groups in total. The van der Waals surface area contributed by atoms with Gasteiger partial charge in [0, 0.05) is 0 Å². The van der Waals surface area contributed by atoms with Crippen LogP contribution in [0.2, 0.25) is 13.3 Å².